The third-order valence-electron chi connectivity index (χ3n) is 3.08. The van der Waals surface area contributed by atoms with Crippen LogP contribution in [0, 0.1) is 6.92 Å². The van der Waals surface area contributed by atoms with E-state index in [0.29, 0.717) is 16.8 Å². The van der Waals surface area contributed by atoms with E-state index >= 15 is 0 Å². The molecule has 0 amide bonds. The second-order valence-electron chi connectivity index (χ2n) is 5.31. The predicted octanol–water partition coefficient (Wildman–Crippen LogP) is 5.70. The Balaban J connectivity index is 2.22. The molecule has 112 valence electrons. The number of hydrogen-bond acceptors (Lipinski definition) is 2. The zero-order valence-corrected chi connectivity index (χ0v) is 14.8. The van der Waals surface area contributed by atoms with Gasteiger partial charge in [-0.3, -0.25) is 0 Å². The smallest absolute Gasteiger partial charge is 0.147 e. The van der Waals surface area contributed by atoms with E-state index in [1.807, 2.05) is 25.1 Å². The van der Waals surface area contributed by atoms with Gasteiger partial charge in [-0.05, 0) is 42.3 Å². The lowest BCUT2D eigenvalue weighted by Gasteiger charge is -2.13. The molecule has 2 aromatic rings. The zero-order chi connectivity index (χ0) is 15.4. The van der Waals surface area contributed by atoms with Crippen molar-refractivity contribution in [1.29, 1.82) is 0 Å². The summed E-state index contributed by atoms with van der Waals surface area (Å²) in [5.41, 5.74) is 2.27. The van der Waals surface area contributed by atoms with Crippen molar-refractivity contribution >= 4 is 27.5 Å². The fourth-order valence-electron chi connectivity index (χ4n) is 1.86. The number of halogens is 2. The van der Waals surface area contributed by atoms with Crippen LogP contribution in [-0.4, -0.2) is 6.04 Å². The Morgan fingerprint density at radius 1 is 1.14 bits per heavy atom. The molecular formula is C17H19BrClNO. The molecule has 0 atom stereocenters. The van der Waals surface area contributed by atoms with Gasteiger partial charge in [0.15, 0.2) is 0 Å². The highest BCUT2D eigenvalue weighted by Gasteiger charge is 2.08. The summed E-state index contributed by atoms with van der Waals surface area (Å²) >= 11 is 9.62. The standard InChI is InChI=1S/C17H19BrClNO/c1-11(2)20-10-13-5-4-12(3)16(8-13)21-17-9-14(18)6-7-15(17)19/h4-9,11,20H,10H2,1-3H3. The predicted molar refractivity (Wildman–Crippen MR) is 92.4 cm³/mol. The van der Waals surface area contributed by atoms with Crippen molar-refractivity contribution in [3.8, 4) is 11.5 Å². The van der Waals surface area contributed by atoms with Crippen LogP contribution in [0.5, 0.6) is 11.5 Å². The summed E-state index contributed by atoms with van der Waals surface area (Å²) in [6.07, 6.45) is 0. The Morgan fingerprint density at radius 2 is 1.90 bits per heavy atom. The average Bonchev–Trinajstić information content (AvgIpc) is 2.43. The van der Waals surface area contributed by atoms with Crippen LogP contribution in [0.25, 0.3) is 0 Å². The molecule has 0 aromatic heterocycles. The largest absolute Gasteiger partial charge is 0.455 e. The van der Waals surface area contributed by atoms with E-state index in [9.17, 15) is 0 Å². The normalized spacial score (nSPS) is 11.0. The summed E-state index contributed by atoms with van der Waals surface area (Å²) in [5, 5.41) is 4.00. The molecule has 0 radical (unpaired) electrons. The second kappa shape index (κ2) is 7.30. The molecule has 2 aromatic carbocycles. The van der Waals surface area contributed by atoms with Gasteiger partial charge in [0.05, 0.1) is 5.02 Å². The van der Waals surface area contributed by atoms with Gasteiger partial charge in [-0.1, -0.05) is 53.5 Å². The quantitative estimate of drug-likeness (QED) is 0.730. The van der Waals surface area contributed by atoms with E-state index in [4.69, 9.17) is 16.3 Å². The lowest BCUT2D eigenvalue weighted by atomic mass is 10.1. The number of aryl methyl sites for hydroxylation is 1. The maximum absolute atomic E-state index is 6.18. The molecule has 2 nitrogen and oxygen atoms in total. The average molecular weight is 369 g/mol. The van der Waals surface area contributed by atoms with Gasteiger partial charge in [0.25, 0.3) is 0 Å². The summed E-state index contributed by atoms with van der Waals surface area (Å²) in [6, 6.07) is 12.3. The molecule has 0 saturated carbocycles. The number of nitrogens with one attached hydrogen (secondary N) is 1. The second-order valence-corrected chi connectivity index (χ2v) is 6.64. The van der Waals surface area contributed by atoms with Crippen molar-refractivity contribution in [3.63, 3.8) is 0 Å². The van der Waals surface area contributed by atoms with E-state index in [1.165, 1.54) is 5.56 Å². The Morgan fingerprint density at radius 3 is 2.62 bits per heavy atom. The topological polar surface area (TPSA) is 21.3 Å². The van der Waals surface area contributed by atoms with Gasteiger partial charge in [0.2, 0.25) is 0 Å². The highest BCUT2D eigenvalue weighted by molar-refractivity contribution is 9.10. The van der Waals surface area contributed by atoms with Gasteiger partial charge in [-0.25, -0.2) is 0 Å². The molecule has 0 saturated heterocycles. The molecule has 21 heavy (non-hydrogen) atoms. The van der Waals surface area contributed by atoms with Crippen molar-refractivity contribution in [2.24, 2.45) is 0 Å². The Labute approximate surface area is 139 Å². The van der Waals surface area contributed by atoms with E-state index in [1.54, 1.807) is 0 Å². The first kappa shape index (κ1) is 16.3. The minimum atomic E-state index is 0.454. The van der Waals surface area contributed by atoms with Crippen molar-refractivity contribution < 1.29 is 4.74 Å². The molecule has 4 heteroatoms. The van der Waals surface area contributed by atoms with E-state index in [-0.39, 0.29) is 0 Å². The van der Waals surface area contributed by atoms with Crippen molar-refractivity contribution in [1.82, 2.24) is 5.32 Å². The summed E-state index contributed by atoms with van der Waals surface area (Å²) in [7, 11) is 0. The third-order valence-corrected chi connectivity index (χ3v) is 3.89. The summed E-state index contributed by atoms with van der Waals surface area (Å²) in [5.74, 6) is 1.49. The van der Waals surface area contributed by atoms with Crippen LogP contribution < -0.4 is 10.1 Å². The minimum absolute atomic E-state index is 0.454. The van der Waals surface area contributed by atoms with Crippen LogP contribution in [0.4, 0.5) is 0 Å². The molecule has 0 fully saturated rings. The van der Waals surface area contributed by atoms with Crippen LogP contribution in [-0.2, 0) is 6.54 Å². The van der Waals surface area contributed by atoms with Gasteiger partial charge in [0.1, 0.15) is 11.5 Å². The Kier molecular flexibility index (Phi) is 5.68. The number of rotatable bonds is 5. The fraction of sp³-hybridized carbons (Fsp3) is 0.294. The van der Waals surface area contributed by atoms with Crippen LogP contribution in [0.1, 0.15) is 25.0 Å². The molecule has 0 bridgehead atoms. The fourth-order valence-corrected chi connectivity index (χ4v) is 2.36. The van der Waals surface area contributed by atoms with E-state index in [0.717, 1.165) is 22.3 Å². The van der Waals surface area contributed by atoms with Gasteiger partial charge in [-0.15, -0.1) is 0 Å². The Bertz CT molecular complexity index is 628. The maximum atomic E-state index is 6.18. The Hall–Kier alpha value is -1.03. The van der Waals surface area contributed by atoms with E-state index < -0.39 is 0 Å². The first-order valence-electron chi connectivity index (χ1n) is 6.91. The molecular weight excluding hydrogens is 350 g/mol. The van der Waals surface area contributed by atoms with Crippen LogP contribution in [0.2, 0.25) is 5.02 Å². The molecule has 1 N–H and O–H groups in total. The number of hydrogen-bond donors (Lipinski definition) is 1. The van der Waals surface area contributed by atoms with E-state index in [2.05, 4.69) is 53.3 Å². The third kappa shape index (κ3) is 4.73. The molecule has 2 rings (SSSR count). The summed E-state index contributed by atoms with van der Waals surface area (Å²) in [6.45, 7) is 7.11. The van der Waals surface area contributed by atoms with Crippen LogP contribution >= 0.6 is 27.5 Å². The molecule has 0 aliphatic rings. The van der Waals surface area contributed by atoms with Crippen molar-refractivity contribution in [3.05, 3.63) is 57.0 Å². The molecule has 0 spiro atoms. The zero-order valence-electron chi connectivity index (χ0n) is 12.4. The number of benzene rings is 2. The minimum Gasteiger partial charge on any atom is -0.455 e. The SMILES string of the molecule is Cc1ccc(CNC(C)C)cc1Oc1cc(Br)ccc1Cl. The monoisotopic (exact) mass is 367 g/mol. The van der Waals surface area contributed by atoms with Crippen molar-refractivity contribution in [2.45, 2.75) is 33.4 Å². The van der Waals surface area contributed by atoms with Crippen molar-refractivity contribution in [2.75, 3.05) is 0 Å². The lowest BCUT2D eigenvalue weighted by Crippen LogP contribution is -2.21. The molecule has 0 heterocycles. The molecule has 0 aliphatic carbocycles. The first-order chi connectivity index (χ1) is 9.95. The number of ether oxygens (including phenoxy) is 1. The molecule has 0 unspecified atom stereocenters. The summed E-state index contributed by atoms with van der Waals surface area (Å²) in [4.78, 5) is 0. The molecule has 0 aliphatic heterocycles. The van der Waals surface area contributed by atoms with Crippen LogP contribution in [0.3, 0.4) is 0 Å². The highest BCUT2D eigenvalue weighted by atomic mass is 79.9. The lowest BCUT2D eigenvalue weighted by molar-refractivity contribution is 0.477. The van der Waals surface area contributed by atoms with Gasteiger partial charge in [0, 0.05) is 17.1 Å². The summed E-state index contributed by atoms with van der Waals surface area (Å²) < 4.78 is 6.92. The van der Waals surface area contributed by atoms with Gasteiger partial charge >= 0.3 is 0 Å². The first-order valence-corrected chi connectivity index (χ1v) is 8.08. The van der Waals surface area contributed by atoms with Gasteiger partial charge in [-0.2, -0.15) is 0 Å². The van der Waals surface area contributed by atoms with Crippen LogP contribution in [0.15, 0.2) is 40.9 Å². The maximum Gasteiger partial charge on any atom is 0.147 e. The van der Waals surface area contributed by atoms with Gasteiger partial charge < -0.3 is 10.1 Å². The highest BCUT2D eigenvalue weighted by Crippen LogP contribution is 2.33.